The minimum absolute atomic E-state index is 0.321. The molecule has 1 fully saturated rings. The molecule has 1 aromatic rings. The maximum Gasteiger partial charge on any atom is 0.128 e. The molecule has 0 spiro atoms. The second-order valence-electron chi connectivity index (χ2n) is 4.99. The highest BCUT2D eigenvalue weighted by atomic mass is 16.5. The average Bonchev–Trinajstić information content (AvgIpc) is 2.40. The molecule has 0 aliphatic carbocycles. The number of nitrogens with zero attached hydrogens (tertiary/aromatic N) is 2. The van der Waals surface area contributed by atoms with E-state index >= 15 is 0 Å². The molecule has 18 heavy (non-hydrogen) atoms. The average molecular weight is 250 g/mol. The Morgan fingerprint density at radius 1 is 1.50 bits per heavy atom. The summed E-state index contributed by atoms with van der Waals surface area (Å²) in [4.78, 5) is 6.49. The molecule has 2 atom stereocenters. The normalized spacial score (nSPS) is 21.6. The number of pyridine rings is 1. The molecule has 1 aliphatic heterocycles. The van der Waals surface area contributed by atoms with Gasteiger partial charge < -0.3 is 14.7 Å². The van der Waals surface area contributed by atoms with Crippen LogP contribution >= 0.6 is 0 Å². The van der Waals surface area contributed by atoms with Crippen molar-refractivity contribution in [2.24, 2.45) is 0 Å². The standard InChI is InChI=1S/C14H22N2O2/c1-11(17)12-6-7-14(15-9-12)16(2)10-13-5-3-4-8-18-13/h6-7,9,11,13,17H,3-5,8,10H2,1-2H3. The van der Waals surface area contributed by atoms with Gasteiger partial charge in [-0.2, -0.15) is 0 Å². The van der Waals surface area contributed by atoms with Crippen LogP contribution in [0.5, 0.6) is 0 Å². The number of rotatable bonds is 4. The second-order valence-corrected chi connectivity index (χ2v) is 4.99. The van der Waals surface area contributed by atoms with Gasteiger partial charge in [-0.05, 0) is 37.8 Å². The Bertz CT molecular complexity index is 359. The third kappa shape index (κ3) is 3.43. The topological polar surface area (TPSA) is 45.6 Å². The maximum atomic E-state index is 9.44. The maximum absolute atomic E-state index is 9.44. The highest BCUT2D eigenvalue weighted by Gasteiger charge is 2.16. The Morgan fingerprint density at radius 2 is 2.33 bits per heavy atom. The minimum atomic E-state index is -0.460. The van der Waals surface area contributed by atoms with E-state index in [9.17, 15) is 5.11 Å². The Kier molecular flexibility index (Phi) is 4.55. The fourth-order valence-electron chi connectivity index (χ4n) is 2.22. The van der Waals surface area contributed by atoms with Crippen molar-refractivity contribution < 1.29 is 9.84 Å². The fraction of sp³-hybridized carbons (Fsp3) is 0.643. The van der Waals surface area contributed by atoms with Crippen LogP contribution in [0, 0.1) is 0 Å². The molecule has 0 amide bonds. The lowest BCUT2D eigenvalue weighted by Gasteiger charge is -2.28. The monoisotopic (exact) mass is 250 g/mol. The molecular weight excluding hydrogens is 228 g/mol. The van der Waals surface area contributed by atoms with Crippen molar-refractivity contribution in [2.45, 2.75) is 38.4 Å². The SMILES string of the molecule is CC(O)c1ccc(N(C)CC2CCCCO2)nc1. The third-order valence-electron chi connectivity index (χ3n) is 3.40. The van der Waals surface area contributed by atoms with Crippen LogP contribution in [-0.4, -0.2) is 36.4 Å². The van der Waals surface area contributed by atoms with Crippen LogP contribution in [-0.2, 0) is 4.74 Å². The first kappa shape index (κ1) is 13.3. The van der Waals surface area contributed by atoms with Crippen LogP contribution < -0.4 is 4.90 Å². The molecule has 0 radical (unpaired) electrons. The zero-order chi connectivity index (χ0) is 13.0. The van der Waals surface area contributed by atoms with Gasteiger partial charge in [-0.25, -0.2) is 4.98 Å². The summed E-state index contributed by atoms with van der Waals surface area (Å²) in [6.45, 7) is 3.50. The molecule has 100 valence electrons. The van der Waals surface area contributed by atoms with Crippen LogP contribution in [0.4, 0.5) is 5.82 Å². The zero-order valence-corrected chi connectivity index (χ0v) is 11.2. The smallest absolute Gasteiger partial charge is 0.128 e. The van der Waals surface area contributed by atoms with Crippen molar-refractivity contribution in [3.63, 3.8) is 0 Å². The molecule has 0 aromatic carbocycles. The van der Waals surface area contributed by atoms with E-state index in [2.05, 4.69) is 9.88 Å². The van der Waals surface area contributed by atoms with Gasteiger partial charge >= 0.3 is 0 Å². The first-order valence-corrected chi connectivity index (χ1v) is 6.63. The first-order valence-electron chi connectivity index (χ1n) is 6.63. The summed E-state index contributed by atoms with van der Waals surface area (Å²) in [5, 5.41) is 9.44. The Morgan fingerprint density at radius 3 is 2.89 bits per heavy atom. The van der Waals surface area contributed by atoms with E-state index in [0.29, 0.717) is 6.10 Å². The highest BCUT2D eigenvalue weighted by molar-refractivity contribution is 5.38. The van der Waals surface area contributed by atoms with Gasteiger partial charge in [-0.15, -0.1) is 0 Å². The summed E-state index contributed by atoms with van der Waals surface area (Å²) < 4.78 is 5.72. The van der Waals surface area contributed by atoms with Gasteiger partial charge in [0.15, 0.2) is 0 Å². The lowest BCUT2D eigenvalue weighted by atomic mass is 10.1. The minimum Gasteiger partial charge on any atom is -0.389 e. The Hall–Kier alpha value is -1.13. The van der Waals surface area contributed by atoms with Gasteiger partial charge in [-0.1, -0.05) is 6.07 Å². The van der Waals surface area contributed by atoms with Gasteiger partial charge in [0.05, 0.1) is 12.2 Å². The van der Waals surface area contributed by atoms with Crippen molar-refractivity contribution in [3.8, 4) is 0 Å². The first-order chi connectivity index (χ1) is 8.66. The molecule has 2 rings (SSSR count). The molecule has 1 aliphatic rings. The van der Waals surface area contributed by atoms with Crippen LogP contribution in [0.1, 0.15) is 37.9 Å². The zero-order valence-electron chi connectivity index (χ0n) is 11.2. The predicted octanol–water partition coefficient (Wildman–Crippen LogP) is 2.14. The van der Waals surface area contributed by atoms with Gasteiger partial charge in [0.25, 0.3) is 0 Å². The Balaban J connectivity index is 1.93. The van der Waals surface area contributed by atoms with Crippen LogP contribution in [0.25, 0.3) is 0 Å². The second kappa shape index (κ2) is 6.16. The van der Waals surface area contributed by atoms with Crippen molar-refractivity contribution in [3.05, 3.63) is 23.9 Å². The van der Waals surface area contributed by atoms with Crippen molar-refractivity contribution in [2.75, 3.05) is 25.1 Å². The molecule has 2 heterocycles. The van der Waals surface area contributed by atoms with Crippen molar-refractivity contribution >= 4 is 5.82 Å². The van der Waals surface area contributed by atoms with Gasteiger partial charge in [0.2, 0.25) is 0 Å². The van der Waals surface area contributed by atoms with Crippen LogP contribution in [0.3, 0.4) is 0 Å². The highest BCUT2D eigenvalue weighted by Crippen LogP contribution is 2.18. The molecular formula is C14H22N2O2. The van der Waals surface area contributed by atoms with E-state index in [4.69, 9.17) is 4.74 Å². The van der Waals surface area contributed by atoms with E-state index < -0.39 is 6.10 Å². The molecule has 0 saturated carbocycles. The summed E-state index contributed by atoms with van der Waals surface area (Å²) in [6, 6.07) is 3.87. The summed E-state index contributed by atoms with van der Waals surface area (Å²) in [5.41, 5.74) is 0.848. The van der Waals surface area contributed by atoms with E-state index in [-0.39, 0.29) is 0 Å². The molecule has 1 N–H and O–H groups in total. The van der Waals surface area contributed by atoms with Crippen molar-refractivity contribution in [1.29, 1.82) is 0 Å². The lowest BCUT2D eigenvalue weighted by molar-refractivity contribution is 0.0215. The Labute approximate surface area is 109 Å². The molecule has 4 nitrogen and oxygen atoms in total. The van der Waals surface area contributed by atoms with Crippen molar-refractivity contribution in [1.82, 2.24) is 4.98 Å². The van der Waals surface area contributed by atoms with E-state index in [1.54, 1.807) is 13.1 Å². The number of hydrogen-bond donors (Lipinski definition) is 1. The number of anilines is 1. The molecule has 4 heteroatoms. The van der Waals surface area contributed by atoms with Crippen LogP contribution in [0.15, 0.2) is 18.3 Å². The van der Waals surface area contributed by atoms with E-state index in [1.165, 1.54) is 12.8 Å². The molecule has 1 saturated heterocycles. The molecule has 2 unspecified atom stereocenters. The van der Waals surface area contributed by atoms with E-state index in [1.807, 2.05) is 19.2 Å². The quantitative estimate of drug-likeness (QED) is 0.889. The summed E-state index contributed by atoms with van der Waals surface area (Å²) in [5.74, 6) is 0.925. The van der Waals surface area contributed by atoms with Gasteiger partial charge in [-0.3, -0.25) is 0 Å². The summed E-state index contributed by atoms with van der Waals surface area (Å²) >= 11 is 0. The summed E-state index contributed by atoms with van der Waals surface area (Å²) in [6.07, 6.45) is 5.17. The number of aliphatic hydroxyl groups is 1. The number of likely N-dealkylation sites (N-methyl/N-ethyl adjacent to an activating group) is 1. The van der Waals surface area contributed by atoms with E-state index in [0.717, 1.165) is 31.0 Å². The summed E-state index contributed by atoms with van der Waals surface area (Å²) in [7, 11) is 2.03. The predicted molar refractivity (Wildman–Crippen MR) is 71.7 cm³/mol. The van der Waals surface area contributed by atoms with Gasteiger partial charge in [0, 0.05) is 26.4 Å². The molecule has 0 bridgehead atoms. The molecule has 1 aromatic heterocycles. The lowest BCUT2D eigenvalue weighted by Crippen LogP contribution is -2.33. The third-order valence-corrected chi connectivity index (χ3v) is 3.40. The number of aliphatic hydroxyl groups excluding tert-OH is 1. The van der Waals surface area contributed by atoms with Crippen LogP contribution in [0.2, 0.25) is 0 Å². The number of hydrogen-bond acceptors (Lipinski definition) is 4. The largest absolute Gasteiger partial charge is 0.389 e. The number of aromatic nitrogens is 1. The fourth-order valence-corrected chi connectivity index (χ4v) is 2.22. The van der Waals surface area contributed by atoms with Gasteiger partial charge in [0.1, 0.15) is 5.82 Å². The number of ether oxygens (including phenoxy) is 1.